The molecule has 2 nitrogen and oxygen atoms in total. The third-order valence-electron chi connectivity index (χ3n) is 14.8. The summed E-state index contributed by atoms with van der Waals surface area (Å²) in [7, 11) is -2.65. The van der Waals surface area contributed by atoms with Crippen LogP contribution in [-0.4, -0.2) is 12.6 Å². The normalized spacial score (nSPS) is 11.6. The van der Waals surface area contributed by atoms with Gasteiger partial charge in [-0.2, -0.15) is 0 Å². The molecular weight excluding hydrogens is 897 g/mol. The summed E-state index contributed by atoms with van der Waals surface area (Å²) >= 11 is 0. The van der Waals surface area contributed by atoms with Gasteiger partial charge in [-0.25, -0.2) is 0 Å². The van der Waals surface area contributed by atoms with E-state index in [1.807, 2.05) is 0 Å². The third kappa shape index (κ3) is 7.75. The minimum Gasteiger partial charge on any atom is -0.310 e. The van der Waals surface area contributed by atoms with Gasteiger partial charge in [0.1, 0.15) is 0 Å². The zero-order chi connectivity index (χ0) is 48.6. The fourth-order valence-corrected chi connectivity index (χ4v) is 16.1. The van der Waals surface area contributed by atoms with Gasteiger partial charge in [-0.3, -0.25) is 0 Å². The van der Waals surface area contributed by atoms with Crippen molar-refractivity contribution in [2.24, 2.45) is 0 Å². The maximum atomic E-state index is 2.43. The first-order valence-corrected chi connectivity index (χ1v) is 27.2. The van der Waals surface area contributed by atoms with E-state index in [0.29, 0.717) is 0 Å². The highest BCUT2D eigenvalue weighted by molar-refractivity contribution is 7.19. The molecule has 0 spiro atoms. The highest BCUT2D eigenvalue weighted by Gasteiger charge is 2.41. The van der Waals surface area contributed by atoms with Crippen LogP contribution in [0.2, 0.25) is 0 Å². The van der Waals surface area contributed by atoms with Gasteiger partial charge in [0.2, 0.25) is 0 Å². The van der Waals surface area contributed by atoms with Crippen molar-refractivity contribution in [1.29, 1.82) is 0 Å². The lowest BCUT2D eigenvalue weighted by Gasteiger charge is -2.34. The maximum absolute atomic E-state index is 2.65. The Hall–Kier alpha value is -9.28. The summed E-state index contributed by atoms with van der Waals surface area (Å²) < 4.78 is 2.40. The molecule has 12 aromatic carbocycles. The Morgan fingerprint density at radius 2 is 0.671 bits per heavy atom. The Labute approximate surface area is 428 Å². The van der Waals surface area contributed by atoms with Gasteiger partial charge in [-0.15, -0.1) is 0 Å². The van der Waals surface area contributed by atoms with E-state index in [1.54, 1.807) is 0 Å². The largest absolute Gasteiger partial charge is 0.310 e. The van der Waals surface area contributed by atoms with Crippen molar-refractivity contribution in [3.63, 3.8) is 0 Å². The average molecular weight is 947 g/mol. The molecule has 13 rings (SSSR count). The molecule has 0 bridgehead atoms. The van der Waals surface area contributed by atoms with Crippen molar-refractivity contribution < 1.29 is 0 Å². The second-order valence-electron chi connectivity index (χ2n) is 18.8. The van der Waals surface area contributed by atoms with E-state index < -0.39 is 8.07 Å². The molecule has 0 atom stereocenters. The van der Waals surface area contributed by atoms with Crippen LogP contribution in [0.1, 0.15) is 0 Å². The number of rotatable bonds is 11. The zero-order valence-electron chi connectivity index (χ0n) is 40.3. The first kappa shape index (κ1) is 43.7. The van der Waals surface area contributed by atoms with E-state index in [-0.39, 0.29) is 0 Å². The van der Waals surface area contributed by atoms with Crippen LogP contribution in [0.4, 0.5) is 17.1 Å². The van der Waals surface area contributed by atoms with Gasteiger partial charge in [-0.05, 0) is 119 Å². The van der Waals surface area contributed by atoms with E-state index in [2.05, 4.69) is 313 Å². The molecule has 0 aliphatic carbocycles. The van der Waals surface area contributed by atoms with Crippen LogP contribution < -0.4 is 25.6 Å². The summed E-state index contributed by atoms with van der Waals surface area (Å²) in [4.78, 5) is 2.43. The molecule has 0 saturated heterocycles. The van der Waals surface area contributed by atoms with E-state index in [0.717, 1.165) is 28.3 Å². The second-order valence-corrected chi connectivity index (χ2v) is 22.6. The molecule has 1 heterocycles. The van der Waals surface area contributed by atoms with Crippen molar-refractivity contribution >= 4 is 78.5 Å². The third-order valence-corrected chi connectivity index (χ3v) is 19.6. The summed E-state index contributed by atoms with van der Waals surface area (Å²) in [5.41, 5.74) is 13.9. The molecular formula is C70H50N2Si. The highest BCUT2D eigenvalue weighted by atomic mass is 28.3. The first-order valence-electron chi connectivity index (χ1n) is 25.2. The predicted molar refractivity (Wildman–Crippen MR) is 313 cm³/mol. The summed E-state index contributed by atoms with van der Waals surface area (Å²) in [6, 6.07) is 111. The van der Waals surface area contributed by atoms with Crippen molar-refractivity contribution in [1.82, 2.24) is 4.57 Å². The molecule has 3 heteroatoms. The number of benzene rings is 12. The van der Waals surface area contributed by atoms with Gasteiger partial charge >= 0.3 is 0 Å². The van der Waals surface area contributed by atoms with Crippen molar-refractivity contribution in [2.45, 2.75) is 0 Å². The summed E-state index contributed by atoms with van der Waals surface area (Å²) in [6.07, 6.45) is 0. The molecule has 0 radical (unpaired) electrons. The van der Waals surface area contributed by atoms with Gasteiger partial charge in [0.15, 0.2) is 8.07 Å². The molecule has 0 aliphatic rings. The molecule has 0 fully saturated rings. The van der Waals surface area contributed by atoms with Crippen LogP contribution in [0.3, 0.4) is 0 Å². The number of aromatic nitrogens is 1. The van der Waals surface area contributed by atoms with Gasteiger partial charge in [0.05, 0.1) is 16.7 Å². The summed E-state index contributed by atoms with van der Waals surface area (Å²) in [5.74, 6) is 0. The van der Waals surface area contributed by atoms with Gasteiger partial charge in [0, 0.05) is 27.8 Å². The van der Waals surface area contributed by atoms with Crippen LogP contribution in [-0.2, 0) is 0 Å². The number of fused-ring (bicyclic) bond motifs is 4. The number of nitrogens with zero attached hydrogens (tertiary/aromatic N) is 2. The first-order chi connectivity index (χ1) is 36.2. The number of anilines is 3. The Bertz CT molecular complexity index is 3920. The smallest absolute Gasteiger partial charge is 0.179 e. The minimum absolute atomic E-state index is 1.08. The fraction of sp³-hybridized carbons (Fsp3) is 0. The van der Waals surface area contributed by atoms with Gasteiger partial charge < -0.3 is 9.47 Å². The lowest BCUT2D eigenvalue weighted by atomic mass is 9.96. The van der Waals surface area contributed by atoms with E-state index in [9.17, 15) is 0 Å². The Morgan fingerprint density at radius 3 is 1.23 bits per heavy atom. The molecule has 0 saturated carbocycles. The molecule has 344 valence electrons. The standard InChI is InChI=1S/C70H50N2Si/c1-5-21-57(22-6-1)72-67-32-16-15-30-66(67)70-68(33-18-34-69(70)72)71(58-45-39-52(40-46-58)51-35-37-56(38-36-51)65-31-17-20-55-19-13-14-29-64(55)65)59-47-41-53(42-48-59)54-43-49-63(50-44-54)73(60-23-7-2-8-24-60,61-25-9-3-10-26-61)62-27-11-4-12-28-62/h1-50H. The van der Waals surface area contributed by atoms with Crippen LogP contribution in [0, 0.1) is 0 Å². The average Bonchev–Trinajstić information content (AvgIpc) is 3.82. The topological polar surface area (TPSA) is 8.17 Å². The lowest BCUT2D eigenvalue weighted by Crippen LogP contribution is -2.74. The number of hydrogen-bond acceptors (Lipinski definition) is 1. The number of hydrogen-bond donors (Lipinski definition) is 0. The van der Waals surface area contributed by atoms with E-state index >= 15 is 0 Å². The quantitative estimate of drug-likeness (QED) is 0.0926. The van der Waals surface area contributed by atoms with Crippen LogP contribution in [0.15, 0.2) is 303 Å². The van der Waals surface area contributed by atoms with E-state index in [4.69, 9.17) is 0 Å². The Balaban J connectivity index is 0.905. The summed E-state index contributed by atoms with van der Waals surface area (Å²) in [5, 5.41) is 10.4. The summed E-state index contributed by atoms with van der Waals surface area (Å²) in [6.45, 7) is 0. The molecule has 73 heavy (non-hydrogen) atoms. The number of para-hydroxylation sites is 2. The van der Waals surface area contributed by atoms with Gasteiger partial charge in [-0.1, -0.05) is 249 Å². The van der Waals surface area contributed by atoms with Crippen molar-refractivity contribution in [3.05, 3.63) is 303 Å². The van der Waals surface area contributed by atoms with E-state index in [1.165, 1.54) is 81.2 Å². The van der Waals surface area contributed by atoms with Crippen LogP contribution in [0.5, 0.6) is 0 Å². The highest BCUT2D eigenvalue weighted by Crippen LogP contribution is 2.44. The SMILES string of the molecule is c1ccc(-n2c3ccccc3c3c(N(c4ccc(-c5ccc(-c6cccc7ccccc67)cc5)cc4)c4ccc(-c5ccc([Si](c6ccccc6)(c6ccccc6)c6ccccc6)cc5)cc4)cccc32)cc1. The Morgan fingerprint density at radius 1 is 0.274 bits per heavy atom. The minimum atomic E-state index is -2.65. The molecule has 0 aliphatic heterocycles. The lowest BCUT2D eigenvalue weighted by molar-refractivity contribution is 1.18. The fourth-order valence-electron chi connectivity index (χ4n) is 11.4. The second kappa shape index (κ2) is 18.8. The van der Waals surface area contributed by atoms with Crippen molar-refractivity contribution in [3.8, 4) is 39.1 Å². The van der Waals surface area contributed by atoms with Crippen LogP contribution >= 0.6 is 0 Å². The molecule has 13 aromatic rings. The van der Waals surface area contributed by atoms with Gasteiger partial charge in [0.25, 0.3) is 0 Å². The molecule has 0 N–H and O–H groups in total. The maximum Gasteiger partial charge on any atom is 0.179 e. The monoisotopic (exact) mass is 946 g/mol. The molecule has 1 aromatic heterocycles. The zero-order valence-corrected chi connectivity index (χ0v) is 41.3. The molecule has 0 amide bonds. The van der Waals surface area contributed by atoms with Crippen LogP contribution in [0.25, 0.3) is 71.6 Å². The Kier molecular flexibility index (Phi) is 11.3. The predicted octanol–water partition coefficient (Wildman–Crippen LogP) is 15.8. The van der Waals surface area contributed by atoms with Crippen molar-refractivity contribution in [2.75, 3.05) is 4.90 Å². The molecule has 0 unspecified atom stereocenters.